The first kappa shape index (κ1) is 15.7. The van der Waals surface area contributed by atoms with Crippen LogP contribution >= 0.6 is 0 Å². The van der Waals surface area contributed by atoms with Crippen molar-refractivity contribution in [3.05, 3.63) is 24.3 Å². The predicted molar refractivity (Wildman–Crippen MR) is 68.6 cm³/mol. The largest absolute Gasteiger partial charge is 0.435 e. The number of alkyl halides is 2. The highest BCUT2D eigenvalue weighted by Gasteiger charge is 2.08. The average molecular weight is 275 g/mol. The number of benzene rings is 1. The number of hydrogen-bond acceptors (Lipinski definition) is 4. The van der Waals surface area contributed by atoms with Crippen molar-refractivity contribution >= 4 is 5.69 Å². The molecule has 19 heavy (non-hydrogen) atoms. The topological polar surface area (TPSA) is 39.7 Å². The van der Waals surface area contributed by atoms with Gasteiger partial charge in [-0.05, 0) is 38.1 Å². The number of hydrogen-bond donors (Lipinski definition) is 1. The first-order valence-corrected chi connectivity index (χ1v) is 6.17. The van der Waals surface area contributed by atoms with Crippen molar-refractivity contribution in [1.82, 2.24) is 0 Å². The number of rotatable bonds is 9. The summed E-state index contributed by atoms with van der Waals surface area (Å²) in [6, 6.07) is 6.27. The van der Waals surface area contributed by atoms with E-state index in [4.69, 9.17) is 9.47 Å². The highest BCUT2D eigenvalue weighted by Crippen LogP contribution is 2.17. The van der Waals surface area contributed by atoms with Crippen LogP contribution in [0.2, 0.25) is 0 Å². The fraction of sp³-hybridized carbons (Fsp3) is 0.538. The summed E-state index contributed by atoms with van der Waals surface area (Å²) in [5.74, 6) is 0.131. The minimum Gasteiger partial charge on any atom is -0.435 e. The molecule has 1 aromatic rings. The Kier molecular flexibility index (Phi) is 7.14. The molecule has 0 aliphatic carbocycles. The van der Waals surface area contributed by atoms with Crippen LogP contribution in [-0.4, -0.2) is 32.7 Å². The fourth-order valence-electron chi connectivity index (χ4n) is 1.49. The van der Waals surface area contributed by atoms with Gasteiger partial charge in [0, 0.05) is 18.9 Å². The van der Waals surface area contributed by atoms with E-state index in [1.54, 1.807) is 12.1 Å². The van der Waals surface area contributed by atoms with Gasteiger partial charge in [0.2, 0.25) is 0 Å². The lowest BCUT2D eigenvalue weighted by Crippen LogP contribution is -2.26. The monoisotopic (exact) mass is 275 g/mol. The van der Waals surface area contributed by atoms with Crippen LogP contribution in [0.25, 0.3) is 0 Å². The molecule has 0 unspecified atom stereocenters. The Morgan fingerprint density at radius 3 is 2.11 bits per heavy atom. The zero-order chi connectivity index (χ0) is 14.1. The Hall–Kier alpha value is -1.40. The van der Waals surface area contributed by atoms with E-state index in [1.807, 2.05) is 13.8 Å². The van der Waals surface area contributed by atoms with E-state index in [9.17, 15) is 8.78 Å². The second-order valence-electron chi connectivity index (χ2n) is 3.62. The molecule has 0 saturated heterocycles. The molecule has 0 atom stereocenters. The van der Waals surface area contributed by atoms with Gasteiger partial charge in [-0.3, -0.25) is 0 Å². The standard InChI is InChI=1S/C13H19F2NO3/c1-3-17-12(18-4-2)9-16-10-5-7-11(8-6-10)19-13(14)15/h5-8,12-13,16H,3-4,9H2,1-2H3. The van der Waals surface area contributed by atoms with E-state index in [-0.39, 0.29) is 12.0 Å². The summed E-state index contributed by atoms with van der Waals surface area (Å²) < 4.78 is 39.0. The average Bonchev–Trinajstić information content (AvgIpc) is 2.37. The molecule has 0 heterocycles. The minimum atomic E-state index is -2.81. The van der Waals surface area contributed by atoms with Gasteiger partial charge < -0.3 is 19.5 Å². The van der Waals surface area contributed by atoms with Gasteiger partial charge in [0.05, 0.1) is 6.54 Å². The van der Waals surface area contributed by atoms with Gasteiger partial charge in [-0.1, -0.05) is 0 Å². The van der Waals surface area contributed by atoms with Gasteiger partial charge in [0.25, 0.3) is 0 Å². The maximum absolute atomic E-state index is 12.0. The van der Waals surface area contributed by atoms with Crippen LogP contribution in [0.1, 0.15) is 13.8 Å². The van der Waals surface area contributed by atoms with Gasteiger partial charge >= 0.3 is 6.61 Å². The van der Waals surface area contributed by atoms with Crippen LogP contribution in [-0.2, 0) is 9.47 Å². The van der Waals surface area contributed by atoms with Crippen molar-refractivity contribution < 1.29 is 23.0 Å². The Morgan fingerprint density at radius 1 is 1.05 bits per heavy atom. The van der Waals surface area contributed by atoms with E-state index in [2.05, 4.69) is 10.1 Å². The molecule has 0 spiro atoms. The Labute approximate surface area is 111 Å². The third-order valence-electron chi connectivity index (χ3n) is 2.26. The molecule has 0 saturated carbocycles. The summed E-state index contributed by atoms with van der Waals surface area (Å²) in [6.45, 7) is 2.59. The van der Waals surface area contributed by atoms with Gasteiger partial charge in [0.15, 0.2) is 6.29 Å². The molecular weight excluding hydrogens is 256 g/mol. The normalized spacial score (nSPS) is 11.1. The van der Waals surface area contributed by atoms with Crippen molar-refractivity contribution in [1.29, 1.82) is 0 Å². The molecule has 0 fully saturated rings. The second kappa shape index (κ2) is 8.66. The zero-order valence-corrected chi connectivity index (χ0v) is 11.1. The lowest BCUT2D eigenvalue weighted by molar-refractivity contribution is -0.126. The number of anilines is 1. The first-order chi connectivity index (χ1) is 9.15. The van der Waals surface area contributed by atoms with Crippen LogP contribution in [0, 0.1) is 0 Å². The molecule has 0 radical (unpaired) electrons. The zero-order valence-electron chi connectivity index (χ0n) is 11.1. The molecule has 1 rings (SSSR count). The van der Waals surface area contributed by atoms with Crippen LogP contribution in [0.4, 0.5) is 14.5 Å². The molecular formula is C13H19F2NO3. The lowest BCUT2D eigenvalue weighted by Gasteiger charge is -2.18. The maximum Gasteiger partial charge on any atom is 0.387 e. The van der Waals surface area contributed by atoms with Crippen LogP contribution in [0.15, 0.2) is 24.3 Å². The highest BCUT2D eigenvalue weighted by molar-refractivity contribution is 5.46. The number of halogens is 2. The van der Waals surface area contributed by atoms with E-state index in [0.29, 0.717) is 19.8 Å². The molecule has 0 aliphatic heterocycles. The quantitative estimate of drug-likeness (QED) is 0.703. The van der Waals surface area contributed by atoms with Gasteiger partial charge in [-0.2, -0.15) is 8.78 Å². The smallest absolute Gasteiger partial charge is 0.387 e. The van der Waals surface area contributed by atoms with Crippen LogP contribution in [0.3, 0.4) is 0 Å². The van der Waals surface area contributed by atoms with E-state index < -0.39 is 6.61 Å². The summed E-state index contributed by atoms with van der Waals surface area (Å²) in [5, 5.41) is 3.10. The molecule has 0 amide bonds. The van der Waals surface area contributed by atoms with Gasteiger partial charge in [-0.15, -0.1) is 0 Å². The number of nitrogens with one attached hydrogen (secondary N) is 1. The molecule has 4 nitrogen and oxygen atoms in total. The molecule has 0 bridgehead atoms. The lowest BCUT2D eigenvalue weighted by atomic mass is 10.3. The molecule has 1 N–H and O–H groups in total. The summed E-state index contributed by atoms with van der Waals surface area (Å²) >= 11 is 0. The molecule has 108 valence electrons. The summed E-state index contributed by atoms with van der Waals surface area (Å²) in [4.78, 5) is 0. The molecule has 1 aromatic carbocycles. The van der Waals surface area contributed by atoms with Gasteiger partial charge in [0.1, 0.15) is 5.75 Å². The van der Waals surface area contributed by atoms with E-state index >= 15 is 0 Å². The van der Waals surface area contributed by atoms with Crippen molar-refractivity contribution in [3.8, 4) is 5.75 Å². The number of ether oxygens (including phenoxy) is 3. The van der Waals surface area contributed by atoms with Crippen molar-refractivity contribution in [2.75, 3.05) is 25.1 Å². The highest BCUT2D eigenvalue weighted by atomic mass is 19.3. The minimum absolute atomic E-state index is 0.131. The summed E-state index contributed by atoms with van der Waals surface area (Å²) in [6.07, 6.45) is -0.327. The van der Waals surface area contributed by atoms with Gasteiger partial charge in [-0.25, -0.2) is 0 Å². The molecule has 0 aromatic heterocycles. The third-order valence-corrected chi connectivity index (χ3v) is 2.26. The predicted octanol–water partition coefficient (Wildman–Crippen LogP) is 3.10. The van der Waals surface area contributed by atoms with Crippen molar-refractivity contribution in [2.24, 2.45) is 0 Å². The SMILES string of the molecule is CCOC(CNc1ccc(OC(F)F)cc1)OCC. The maximum atomic E-state index is 12.0. The first-order valence-electron chi connectivity index (χ1n) is 6.17. The van der Waals surface area contributed by atoms with Crippen molar-refractivity contribution in [3.63, 3.8) is 0 Å². The van der Waals surface area contributed by atoms with E-state index in [0.717, 1.165) is 5.69 Å². The Bertz CT molecular complexity index is 340. The Morgan fingerprint density at radius 2 is 1.63 bits per heavy atom. The van der Waals surface area contributed by atoms with Crippen LogP contribution in [0.5, 0.6) is 5.75 Å². The molecule has 6 heteroatoms. The van der Waals surface area contributed by atoms with Crippen molar-refractivity contribution in [2.45, 2.75) is 26.7 Å². The van der Waals surface area contributed by atoms with Crippen LogP contribution < -0.4 is 10.1 Å². The summed E-state index contributed by atoms with van der Waals surface area (Å²) in [7, 11) is 0. The Balaban J connectivity index is 2.43. The molecule has 0 aliphatic rings. The van der Waals surface area contributed by atoms with E-state index in [1.165, 1.54) is 12.1 Å². The fourth-order valence-corrected chi connectivity index (χ4v) is 1.49. The summed E-state index contributed by atoms with van der Waals surface area (Å²) in [5.41, 5.74) is 0.783. The second-order valence-corrected chi connectivity index (χ2v) is 3.62. The third kappa shape index (κ3) is 6.35.